The Balaban J connectivity index is 2.49. The van der Waals surface area contributed by atoms with Crippen molar-refractivity contribution in [2.75, 3.05) is 0 Å². The molecule has 1 rings (SSSR count). The Morgan fingerprint density at radius 3 is 2.78 bits per heavy atom. The Bertz CT molecular complexity index is 120. The zero-order valence-corrected chi connectivity index (χ0v) is 5.80. The molecular weight excluding hydrogens is 114 g/mol. The molecule has 0 spiro atoms. The summed E-state index contributed by atoms with van der Waals surface area (Å²) in [7, 11) is 0. The highest BCUT2D eigenvalue weighted by atomic mass is 16.4. The van der Waals surface area contributed by atoms with Crippen molar-refractivity contribution >= 4 is 5.71 Å². The lowest BCUT2D eigenvalue weighted by Crippen LogP contribution is -2.15. The lowest BCUT2D eigenvalue weighted by molar-refractivity contribution is 0.310. The molecule has 1 unspecified atom stereocenters. The van der Waals surface area contributed by atoms with E-state index >= 15 is 0 Å². The zero-order chi connectivity index (χ0) is 6.69. The van der Waals surface area contributed by atoms with Gasteiger partial charge in [0.25, 0.3) is 0 Å². The molecule has 52 valence electrons. The fourth-order valence-corrected chi connectivity index (χ4v) is 1.32. The minimum Gasteiger partial charge on any atom is -0.411 e. The van der Waals surface area contributed by atoms with Gasteiger partial charge in [0.05, 0.1) is 5.71 Å². The number of oxime groups is 1. The van der Waals surface area contributed by atoms with E-state index in [-0.39, 0.29) is 0 Å². The molecule has 0 amide bonds. The van der Waals surface area contributed by atoms with Crippen molar-refractivity contribution in [3.8, 4) is 0 Å². The highest BCUT2D eigenvalue weighted by molar-refractivity contribution is 5.86. The minimum absolute atomic E-state index is 0.517. The molecule has 0 saturated heterocycles. The van der Waals surface area contributed by atoms with Crippen LogP contribution in [0.3, 0.4) is 0 Å². The fourth-order valence-electron chi connectivity index (χ4n) is 1.32. The SMILES string of the molecule is CC1CCCCC1=NO. The zero-order valence-electron chi connectivity index (χ0n) is 5.80. The van der Waals surface area contributed by atoms with Crippen LogP contribution in [0.1, 0.15) is 32.6 Å². The molecule has 1 aliphatic carbocycles. The van der Waals surface area contributed by atoms with Crippen molar-refractivity contribution in [1.29, 1.82) is 0 Å². The Hall–Kier alpha value is -0.530. The second kappa shape index (κ2) is 2.85. The maximum atomic E-state index is 8.45. The van der Waals surface area contributed by atoms with Gasteiger partial charge in [0, 0.05) is 0 Å². The van der Waals surface area contributed by atoms with E-state index in [1.54, 1.807) is 0 Å². The third-order valence-electron chi connectivity index (χ3n) is 2.02. The molecule has 1 saturated carbocycles. The fraction of sp³-hybridized carbons (Fsp3) is 0.857. The van der Waals surface area contributed by atoms with Gasteiger partial charge in [0.2, 0.25) is 0 Å². The van der Waals surface area contributed by atoms with E-state index in [0.717, 1.165) is 12.1 Å². The first-order valence-corrected chi connectivity index (χ1v) is 3.55. The van der Waals surface area contributed by atoms with Gasteiger partial charge >= 0.3 is 0 Å². The second-order valence-corrected chi connectivity index (χ2v) is 2.74. The molecular formula is C7H13NO. The van der Waals surface area contributed by atoms with E-state index in [0.29, 0.717) is 5.92 Å². The van der Waals surface area contributed by atoms with Gasteiger partial charge in [-0.15, -0.1) is 0 Å². The summed E-state index contributed by atoms with van der Waals surface area (Å²) in [6.07, 6.45) is 4.68. The number of nitrogens with zero attached hydrogens (tertiary/aromatic N) is 1. The summed E-state index contributed by atoms with van der Waals surface area (Å²) < 4.78 is 0. The van der Waals surface area contributed by atoms with E-state index < -0.39 is 0 Å². The Morgan fingerprint density at radius 2 is 2.33 bits per heavy atom. The summed E-state index contributed by atoms with van der Waals surface area (Å²) in [4.78, 5) is 0. The first-order chi connectivity index (χ1) is 4.34. The Morgan fingerprint density at radius 1 is 1.56 bits per heavy atom. The van der Waals surface area contributed by atoms with Gasteiger partial charge in [0.15, 0.2) is 0 Å². The molecule has 0 aromatic heterocycles. The van der Waals surface area contributed by atoms with Crippen molar-refractivity contribution < 1.29 is 5.21 Å². The third kappa shape index (κ3) is 1.44. The molecule has 9 heavy (non-hydrogen) atoms. The highest BCUT2D eigenvalue weighted by Gasteiger charge is 2.15. The van der Waals surface area contributed by atoms with E-state index in [2.05, 4.69) is 12.1 Å². The third-order valence-corrected chi connectivity index (χ3v) is 2.02. The quantitative estimate of drug-likeness (QED) is 0.392. The molecule has 2 nitrogen and oxygen atoms in total. The largest absolute Gasteiger partial charge is 0.411 e. The second-order valence-electron chi connectivity index (χ2n) is 2.74. The normalized spacial score (nSPS) is 33.0. The monoisotopic (exact) mass is 127 g/mol. The maximum absolute atomic E-state index is 8.45. The average molecular weight is 127 g/mol. The van der Waals surface area contributed by atoms with Gasteiger partial charge in [-0.25, -0.2) is 0 Å². The number of hydrogen-bond acceptors (Lipinski definition) is 2. The number of hydrogen-bond donors (Lipinski definition) is 1. The summed E-state index contributed by atoms with van der Waals surface area (Å²) in [5.41, 5.74) is 0.987. The molecule has 0 aromatic carbocycles. The summed E-state index contributed by atoms with van der Waals surface area (Å²) in [5.74, 6) is 0.517. The summed E-state index contributed by atoms with van der Waals surface area (Å²) in [6.45, 7) is 2.12. The van der Waals surface area contributed by atoms with E-state index in [1.807, 2.05) is 0 Å². The lowest BCUT2D eigenvalue weighted by Gasteiger charge is -2.17. The molecule has 0 aliphatic heterocycles. The van der Waals surface area contributed by atoms with Gasteiger partial charge in [0.1, 0.15) is 0 Å². The average Bonchev–Trinajstić information content (AvgIpc) is 1.89. The Labute approximate surface area is 55.6 Å². The molecule has 1 fully saturated rings. The minimum atomic E-state index is 0.517. The number of rotatable bonds is 0. The first-order valence-electron chi connectivity index (χ1n) is 3.55. The molecule has 0 radical (unpaired) electrons. The van der Waals surface area contributed by atoms with Crippen LogP contribution >= 0.6 is 0 Å². The molecule has 0 heterocycles. The van der Waals surface area contributed by atoms with Crippen LogP contribution in [0.2, 0.25) is 0 Å². The predicted molar refractivity (Wildman–Crippen MR) is 36.9 cm³/mol. The van der Waals surface area contributed by atoms with E-state index in [9.17, 15) is 0 Å². The molecule has 2 heteroatoms. The smallest absolute Gasteiger partial charge is 0.0598 e. The van der Waals surface area contributed by atoms with E-state index in [4.69, 9.17) is 5.21 Å². The standard InChI is InChI=1S/C7H13NO/c1-6-4-2-3-5-7(6)8-9/h6,9H,2-5H2,1H3. The maximum Gasteiger partial charge on any atom is 0.0598 e. The van der Waals surface area contributed by atoms with Crippen LogP contribution in [0.4, 0.5) is 0 Å². The van der Waals surface area contributed by atoms with Crippen LogP contribution in [0.15, 0.2) is 5.16 Å². The molecule has 1 N–H and O–H groups in total. The highest BCUT2D eigenvalue weighted by Crippen LogP contribution is 2.20. The first kappa shape index (κ1) is 6.59. The predicted octanol–water partition coefficient (Wildman–Crippen LogP) is 2.03. The summed E-state index contributed by atoms with van der Waals surface area (Å²) >= 11 is 0. The molecule has 1 atom stereocenters. The van der Waals surface area contributed by atoms with Gasteiger partial charge < -0.3 is 5.21 Å². The van der Waals surface area contributed by atoms with Crippen molar-refractivity contribution in [1.82, 2.24) is 0 Å². The lowest BCUT2D eigenvalue weighted by atomic mass is 9.89. The van der Waals surface area contributed by atoms with Crippen LogP contribution < -0.4 is 0 Å². The van der Waals surface area contributed by atoms with Gasteiger partial charge in [-0.2, -0.15) is 0 Å². The Kier molecular flexibility index (Phi) is 2.09. The molecule has 1 aliphatic rings. The topological polar surface area (TPSA) is 32.6 Å². The van der Waals surface area contributed by atoms with Crippen LogP contribution in [0.5, 0.6) is 0 Å². The molecule has 0 aromatic rings. The summed E-state index contributed by atoms with van der Waals surface area (Å²) in [6, 6.07) is 0. The van der Waals surface area contributed by atoms with Gasteiger partial charge in [-0.1, -0.05) is 18.5 Å². The van der Waals surface area contributed by atoms with Crippen LogP contribution in [0, 0.1) is 5.92 Å². The van der Waals surface area contributed by atoms with Crippen molar-refractivity contribution in [3.05, 3.63) is 0 Å². The van der Waals surface area contributed by atoms with Crippen LogP contribution in [-0.4, -0.2) is 10.9 Å². The van der Waals surface area contributed by atoms with Crippen molar-refractivity contribution in [2.45, 2.75) is 32.6 Å². The summed E-state index contributed by atoms with van der Waals surface area (Å²) in [5, 5.41) is 11.7. The van der Waals surface area contributed by atoms with Crippen molar-refractivity contribution in [3.63, 3.8) is 0 Å². The van der Waals surface area contributed by atoms with Crippen LogP contribution in [-0.2, 0) is 0 Å². The van der Waals surface area contributed by atoms with Crippen LogP contribution in [0.25, 0.3) is 0 Å². The van der Waals surface area contributed by atoms with E-state index in [1.165, 1.54) is 19.3 Å². The van der Waals surface area contributed by atoms with Gasteiger partial charge in [-0.3, -0.25) is 0 Å². The van der Waals surface area contributed by atoms with Crippen molar-refractivity contribution in [2.24, 2.45) is 11.1 Å². The van der Waals surface area contributed by atoms with Gasteiger partial charge in [-0.05, 0) is 25.2 Å². The molecule has 0 bridgehead atoms.